The third-order valence-corrected chi connectivity index (χ3v) is 6.18. The molecular weight excluding hydrogens is 439 g/mol. The molecule has 2 aliphatic heterocycles. The Morgan fingerprint density at radius 3 is 2.42 bits per heavy atom. The summed E-state index contributed by atoms with van der Waals surface area (Å²) in [5.74, 6) is 1.23. The maximum atomic E-state index is 10.3. The zero-order valence-electron chi connectivity index (χ0n) is 17.5. The van der Waals surface area contributed by atoms with Crippen LogP contribution in [0.3, 0.4) is 0 Å². The highest BCUT2D eigenvalue weighted by molar-refractivity contribution is 5.85. The number of ether oxygens (including phenoxy) is 2. The molecule has 0 amide bonds. The quantitative estimate of drug-likeness (QED) is 0.558. The fourth-order valence-corrected chi connectivity index (χ4v) is 4.51. The number of likely N-dealkylation sites (tertiary alicyclic amines) is 1. The number of phenols is 2. The number of hydrogen-bond acceptors (Lipinski definition) is 6. The lowest BCUT2D eigenvalue weighted by Crippen LogP contribution is -2.43. The molecule has 4 rings (SSSR count). The van der Waals surface area contributed by atoms with E-state index in [1.807, 2.05) is 36.4 Å². The Morgan fingerprint density at radius 1 is 1.03 bits per heavy atom. The van der Waals surface area contributed by atoms with Crippen molar-refractivity contribution in [2.75, 3.05) is 32.8 Å². The number of benzene rings is 2. The molecule has 0 aliphatic carbocycles. The van der Waals surface area contributed by atoms with Crippen LogP contribution in [-0.2, 0) is 11.2 Å². The Bertz CT molecular complexity index is 817. The predicted molar refractivity (Wildman–Crippen MR) is 126 cm³/mol. The van der Waals surface area contributed by atoms with E-state index >= 15 is 0 Å². The Balaban J connectivity index is 0.00000171. The molecule has 2 aromatic rings. The third-order valence-electron chi connectivity index (χ3n) is 6.18. The second kappa shape index (κ2) is 11.8. The van der Waals surface area contributed by atoms with Gasteiger partial charge in [-0.15, -0.1) is 24.8 Å². The van der Waals surface area contributed by atoms with Crippen molar-refractivity contribution in [3.05, 3.63) is 53.6 Å². The average Bonchev–Trinajstić information content (AvgIpc) is 2.77. The van der Waals surface area contributed by atoms with Gasteiger partial charge in [-0.1, -0.05) is 24.3 Å². The molecule has 1 saturated heterocycles. The lowest BCUT2D eigenvalue weighted by molar-refractivity contribution is -0.0650. The summed E-state index contributed by atoms with van der Waals surface area (Å²) >= 11 is 0. The maximum Gasteiger partial charge on any atom is 0.161 e. The summed E-state index contributed by atoms with van der Waals surface area (Å²) in [6, 6.07) is 13.2. The first kappa shape index (κ1) is 25.6. The van der Waals surface area contributed by atoms with E-state index in [1.165, 1.54) is 6.07 Å². The van der Waals surface area contributed by atoms with Gasteiger partial charge in [-0.05, 0) is 55.6 Å². The fraction of sp³-hybridized carbons (Fsp3) is 0.478. The van der Waals surface area contributed by atoms with Crippen LogP contribution in [0.4, 0.5) is 0 Å². The summed E-state index contributed by atoms with van der Waals surface area (Å²) in [5.41, 5.74) is 7.62. The van der Waals surface area contributed by atoms with Crippen LogP contribution < -0.4 is 10.5 Å². The third kappa shape index (κ3) is 5.96. The predicted octanol–water partition coefficient (Wildman–Crippen LogP) is 3.67. The van der Waals surface area contributed by atoms with Gasteiger partial charge < -0.3 is 25.4 Å². The van der Waals surface area contributed by atoms with Crippen molar-refractivity contribution >= 4 is 24.8 Å². The summed E-state index contributed by atoms with van der Waals surface area (Å²) in [7, 11) is 0. The van der Waals surface area contributed by atoms with Crippen LogP contribution in [0, 0.1) is 5.92 Å². The molecule has 2 unspecified atom stereocenters. The van der Waals surface area contributed by atoms with Crippen LogP contribution in [-0.4, -0.2) is 54.0 Å². The average molecular weight is 471 g/mol. The number of piperidine rings is 1. The Labute approximate surface area is 196 Å². The van der Waals surface area contributed by atoms with Crippen molar-refractivity contribution in [1.82, 2.24) is 4.90 Å². The first-order valence-electron chi connectivity index (χ1n) is 10.4. The van der Waals surface area contributed by atoms with E-state index < -0.39 is 0 Å². The molecule has 2 aromatic carbocycles. The van der Waals surface area contributed by atoms with Crippen LogP contribution in [0.5, 0.6) is 17.2 Å². The van der Waals surface area contributed by atoms with E-state index in [4.69, 9.17) is 15.2 Å². The van der Waals surface area contributed by atoms with Gasteiger partial charge >= 0.3 is 0 Å². The second-order valence-electron chi connectivity index (χ2n) is 7.94. The maximum absolute atomic E-state index is 10.3. The van der Waals surface area contributed by atoms with Gasteiger partial charge in [-0.25, -0.2) is 0 Å². The number of phenolic OH excluding ortho intramolecular Hbond substituents is 2. The monoisotopic (exact) mass is 470 g/mol. The number of rotatable bonds is 6. The van der Waals surface area contributed by atoms with Crippen LogP contribution >= 0.6 is 24.8 Å². The van der Waals surface area contributed by atoms with Gasteiger partial charge in [0.2, 0.25) is 0 Å². The highest BCUT2D eigenvalue weighted by Crippen LogP contribution is 2.42. The molecule has 172 valence electrons. The molecule has 4 N–H and O–H groups in total. The van der Waals surface area contributed by atoms with Crippen molar-refractivity contribution in [2.45, 2.75) is 31.5 Å². The van der Waals surface area contributed by atoms with E-state index in [9.17, 15) is 10.2 Å². The Hall–Kier alpha value is -1.70. The van der Waals surface area contributed by atoms with E-state index in [0.29, 0.717) is 25.5 Å². The number of aromatic hydroxyl groups is 2. The van der Waals surface area contributed by atoms with Crippen molar-refractivity contribution in [3.8, 4) is 17.2 Å². The molecule has 0 saturated carbocycles. The molecule has 0 spiro atoms. The molecule has 0 aromatic heterocycles. The molecular formula is C23H32Cl2N2O4. The van der Waals surface area contributed by atoms with Crippen molar-refractivity contribution in [2.24, 2.45) is 11.7 Å². The number of nitrogens with two attached hydrogens (primary N) is 1. The van der Waals surface area contributed by atoms with Gasteiger partial charge in [0.15, 0.2) is 11.5 Å². The number of nitrogens with zero attached hydrogens (tertiary/aromatic N) is 1. The molecule has 6 nitrogen and oxygen atoms in total. The topological polar surface area (TPSA) is 88.2 Å². The second-order valence-corrected chi connectivity index (χ2v) is 7.94. The van der Waals surface area contributed by atoms with E-state index in [1.54, 1.807) is 0 Å². The number of para-hydroxylation sites is 1. The normalized spacial score (nSPS) is 21.5. The minimum absolute atomic E-state index is 0. The lowest BCUT2D eigenvalue weighted by atomic mass is 9.83. The first-order valence-corrected chi connectivity index (χ1v) is 10.4. The zero-order chi connectivity index (χ0) is 20.2. The number of hydrogen-bond donors (Lipinski definition) is 3. The highest BCUT2D eigenvalue weighted by Gasteiger charge is 2.35. The highest BCUT2D eigenvalue weighted by atomic mass is 35.5. The van der Waals surface area contributed by atoms with Gasteiger partial charge in [0.05, 0.1) is 12.2 Å². The molecule has 2 atom stereocenters. The number of halogens is 2. The smallest absolute Gasteiger partial charge is 0.161 e. The molecule has 31 heavy (non-hydrogen) atoms. The van der Waals surface area contributed by atoms with Crippen LogP contribution in [0.2, 0.25) is 0 Å². The van der Waals surface area contributed by atoms with E-state index in [-0.39, 0.29) is 48.5 Å². The summed E-state index contributed by atoms with van der Waals surface area (Å²) in [6.45, 7) is 3.98. The molecule has 1 fully saturated rings. The summed E-state index contributed by atoms with van der Waals surface area (Å²) < 4.78 is 12.1. The Kier molecular flexibility index (Phi) is 9.72. The molecule has 2 heterocycles. The van der Waals surface area contributed by atoms with Crippen LogP contribution in [0.1, 0.15) is 30.1 Å². The van der Waals surface area contributed by atoms with Crippen molar-refractivity contribution < 1.29 is 19.7 Å². The zero-order valence-corrected chi connectivity index (χ0v) is 19.1. The SMILES string of the molecule is Cl.Cl.NCC1OC(C2CCN(CCOc3ccccc3)CC2)Cc2c1ccc(O)c2O. The van der Waals surface area contributed by atoms with Gasteiger partial charge in [-0.2, -0.15) is 0 Å². The summed E-state index contributed by atoms with van der Waals surface area (Å²) in [5, 5.41) is 20.2. The largest absolute Gasteiger partial charge is 0.504 e. The molecule has 8 heteroatoms. The van der Waals surface area contributed by atoms with Gasteiger partial charge in [0.1, 0.15) is 12.4 Å². The standard InChI is InChI=1S/C23H30N2O4.2ClH/c24-15-22-18-6-7-20(26)23(27)19(18)14-21(29-22)16-8-10-25(11-9-16)12-13-28-17-4-2-1-3-5-17;;/h1-7,16,21-22,26-27H,8-15,24H2;2*1H. The van der Waals surface area contributed by atoms with Crippen LogP contribution in [0.25, 0.3) is 0 Å². The molecule has 0 bridgehead atoms. The van der Waals surface area contributed by atoms with E-state index in [0.717, 1.165) is 49.4 Å². The van der Waals surface area contributed by atoms with Crippen molar-refractivity contribution in [3.63, 3.8) is 0 Å². The van der Waals surface area contributed by atoms with Crippen molar-refractivity contribution in [1.29, 1.82) is 0 Å². The first-order chi connectivity index (χ1) is 14.2. The Morgan fingerprint density at radius 2 is 1.74 bits per heavy atom. The van der Waals surface area contributed by atoms with Gasteiger partial charge in [0, 0.05) is 25.1 Å². The fourth-order valence-electron chi connectivity index (χ4n) is 4.51. The van der Waals surface area contributed by atoms with Gasteiger partial charge in [0.25, 0.3) is 0 Å². The summed E-state index contributed by atoms with van der Waals surface area (Å²) in [6.07, 6.45) is 2.50. The van der Waals surface area contributed by atoms with E-state index in [2.05, 4.69) is 4.90 Å². The number of fused-ring (bicyclic) bond motifs is 1. The van der Waals surface area contributed by atoms with Crippen LogP contribution in [0.15, 0.2) is 42.5 Å². The molecule has 0 radical (unpaired) electrons. The lowest BCUT2D eigenvalue weighted by Gasteiger charge is -2.40. The summed E-state index contributed by atoms with van der Waals surface area (Å²) in [4.78, 5) is 2.43. The molecule has 2 aliphatic rings. The minimum atomic E-state index is -0.229. The minimum Gasteiger partial charge on any atom is -0.504 e. The van der Waals surface area contributed by atoms with Gasteiger partial charge in [-0.3, -0.25) is 4.90 Å².